The van der Waals surface area contributed by atoms with Crippen molar-refractivity contribution in [3.63, 3.8) is 0 Å². The lowest BCUT2D eigenvalue weighted by Gasteiger charge is -2.11. The number of halogens is 1. The number of ether oxygens (including phenoxy) is 1. The van der Waals surface area contributed by atoms with Crippen LogP contribution >= 0.6 is 12.4 Å². The van der Waals surface area contributed by atoms with Gasteiger partial charge in [0.2, 0.25) is 5.91 Å². The molecule has 1 unspecified atom stereocenters. The van der Waals surface area contributed by atoms with E-state index >= 15 is 0 Å². The van der Waals surface area contributed by atoms with E-state index in [1.54, 1.807) is 0 Å². The minimum atomic E-state index is -0.606. The lowest BCUT2D eigenvalue weighted by molar-refractivity contribution is -0.140. The summed E-state index contributed by atoms with van der Waals surface area (Å²) in [5, 5.41) is 2.60. The SMILES string of the molecule is COC(=O)CCNC(=O)C(N)Cc1ccccc1.Cl. The Labute approximate surface area is 118 Å². The average Bonchev–Trinajstić information content (AvgIpc) is 2.39. The highest BCUT2D eigenvalue weighted by Gasteiger charge is 2.13. The number of hydrogen-bond acceptors (Lipinski definition) is 4. The lowest BCUT2D eigenvalue weighted by atomic mass is 10.1. The Morgan fingerprint density at radius 1 is 1.32 bits per heavy atom. The molecule has 0 aliphatic heterocycles. The van der Waals surface area contributed by atoms with Crippen LogP contribution in [-0.4, -0.2) is 31.6 Å². The number of nitrogens with two attached hydrogens (primary N) is 1. The Kier molecular flexibility index (Phi) is 8.57. The summed E-state index contributed by atoms with van der Waals surface area (Å²) in [4.78, 5) is 22.5. The van der Waals surface area contributed by atoms with Gasteiger partial charge >= 0.3 is 5.97 Å². The minimum Gasteiger partial charge on any atom is -0.469 e. The van der Waals surface area contributed by atoms with Crippen molar-refractivity contribution in [3.05, 3.63) is 35.9 Å². The van der Waals surface area contributed by atoms with Crippen molar-refractivity contribution >= 4 is 24.3 Å². The Morgan fingerprint density at radius 2 is 1.95 bits per heavy atom. The van der Waals surface area contributed by atoms with E-state index in [-0.39, 0.29) is 37.2 Å². The zero-order valence-electron chi connectivity index (χ0n) is 10.8. The molecule has 1 rings (SSSR count). The molecule has 0 saturated carbocycles. The molecule has 0 spiro atoms. The summed E-state index contributed by atoms with van der Waals surface area (Å²) in [5.41, 5.74) is 6.78. The number of hydrogen-bond donors (Lipinski definition) is 2. The Balaban J connectivity index is 0.00000324. The first kappa shape index (κ1) is 17.4. The van der Waals surface area contributed by atoms with Gasteiger partial charge in [-0.15, -0.1) is 12.4 Å². The number of carbonyl (C=O) groups is 2. The maximum Gasteiger partial charge on any atom is 0.307 e. The third kappa shape index (κ3) is 6.79. The van der Waals surface area contributed by atoms with Crippen LogP contribution in [0, 0.1) is 0 Å². The van der Waals surface area contributed by atoms with Crippen LogP contribution in [-0.2, 0) is 20.7 Å². The second-order valence-electron chi connectivity index (χ2n) is 3.91. The number of benzene rings is 1. The van der Waals surface area contributed by atoms with Gasteiger partial charge in [0.15, 0.2) is 0 Å². The van der Waals surface area contributed by atoms with Gasteiger partial charge in [0.1, 0.15) is 0 Å². The van der Waals surface area contributed by atoms with Gasteiger partial charge in [-0.1, -0.05) is 30.3 Å². The smallest absolute Gasteiger partial charge is 0.307 e. The van der Waals surface area contributed by atoms with Crippen LogP contribution < -0.4 is 11.1 Å². The molecule has 1 aromatic carbocycles. The predicted molar refractivity (Wildman–Crippen MR) is 75.0 cm³/mol. The first-order valence-corrected chi connectivity index (χ1v) is 5.77. The molecule has 3 N–H and O–H groups in total. The van der Waals surface area contributed by atoms with E-state index in [1.165, 1.54) is 7.11 Å². The molecule has 0 radical (unpaired) electrons. The monoisotopic (exact) mass is 286 g/mol. The molecule has 0 aliphatic carbocycles. The van der Waals surface area contributed by atoms with Gasteiger partial charge in [0.05, 0.1) is 19.6 Å². The van der Waals surface area contributed by atoms with Gasteiger partial charge in [0.25, 0.3) is 0 Å². The molecule has 1 amide bonds. The predicted octanol–water partition coefficient (Wildman–Crippen LogP) is 0.658. The highest BCUT2D eigenvalue weighted by Crippen LogP contribution is 2.01. The van der Waals surface area contributed by atoms with Crippen molar-refractivity contribution in [2.45, 2.75) is 18.9 Å². The van der Waals surface area contributed by atoms with E-state index < -0.39 is 6.04 Å². The zero-order chi connectivity index (χ0) is 13.4. The molecule has 0 fully saturated rings. The number of amides is 1. The molecule has 106 valence electrons. The van der Waals surface area contributed by atoms with E-state index in [1.807, 2.05) is 30.3 Å². The number of nitrogens with one attached hydrogen (secondary N) is 1. The lowest BCUT2D eigenvalue weighted by Crippen LogP contribution is -2.42. The highest BCUT2D eigenvalue weighted by molar-refractivity contribution is 5.85. The maximum absolute atomic E-state index is 11.6. The largest absolute Gasteiger partial charge is 0.469 e. The summed E-state index contributed by atoms with van der Waals surface area (Å²) in [6.45, 7) is 0.244. The van der Waals surface area contributed by atoms with Crippen LogP contribution in [0.3, 0.4) is 0 Å². The summed E-state index contributed by atoms with van der Waals surface area (Å²) < 4.78 is 4.47. The van der Waals surface area contributed by atoms with Gasteiger partial charge in [0, 0.05) is 6.54 Å². The van der Waals surface area contributed by atoms with Crippen LogP contribution in [0.2, 0.25) is 0 Å². The molecule has 5 nitrogen and oxygen atoms in total. The van der Waals surface area contributed by atoms with Gasteiger partial charge in [-0.3, -0.25) is 9.59 Å². The van der Waals surface area contributed by atoms with E-state index in [0.29, 0.717) is 6.42 Å². The second-order valence-corrected chi connectivity index (χ2v) is 3.91. The van der Waals surface area contributed by atoms with E-state index in [9.17, 15) is 9.59 Å². The van der Waals surface area contributed by atoms with Crippen LogP contribution in [0.15, 0.2) is 30.3 Å². The quantitative estimate of drug-likeness (QED) is 0.753. The first-order chi connectivity index (χ1) is 8.63. The summed E-state index contributed by atoms with van der Waals surface area (Å²) in [6.07, 6.45) is 0.630. The van der Waals surface area contributed by atoms with Crippen LogP contribution in [0.25, 0.3) is 0 Å². The Bertz CT molecular complexity index is 398. The van der Waals surface area contributed by atoms with Gasteiger partial charge in [-0.05, 0) is 12.0 Å². The first-order valence-electron chi connectivity index (χ1n) is 5.77. The summed E-state index contributed by atoms with van der Waals surface area (Å²) in [7, 11) is 1.31. The topological polar surface area (TPSA) is 81.4 Å². The van der Waals surface area contributed by atoms with Crippen molar-refractivity contribution in [3.8, 4) is 0 Å². The molecule has 0 aliphatic rings. The van der Waals surface area contributed by atoms with E-state index in [4.69, 9.17) is 5.73 Å². The van der Waals surface area contributed by atoms with Crippen molar-refractivity contribution in [2.24, 2.45) is 5.73 Å². The molecule has 0 heterocycles. The second kappa shape index (κ2) is 9.35. The summed E-state index contributed by atoms with van der Waals surface area (Å²) in [5.74, 6) is -0.616. The average molecular weight is 287 g/mol. The molecule has 6 heteroatoms. The van der Waals surface area contributed by atoms with E-state index in [2.05, 4.69) is 10.1 Å². The van der Waals surface area contributed by atoms with E-state index in [0.717, 1.165) is 5.56 Å². The highest BCUT2D eigenvalue weighted by atomic mass is 35.5. The standard InChI is InChI=1S/C13H18N2O3.ClH/c1-18-12(16)7-8-15-13(17)11(14)9-10-5-3-2-4-6-10;/h2-6,11H,7-9,14H2,1H3,(H,15,17);1H. The summed E-state index contributed by atoms with van der Waals surface area (Å²) >= 11 is 0. The van der Waals surface area contributed by atoms with Crippen molar-refractivity contribution < 1.29 is 14.3 Å². The normalized spacial score (nSPS) is 11.1. The van der Waals surface area contributed by atoms with Gasteiger partial charge in [-0.25, -0.2) is 0 Å². The van der Waals surface area contributed by atoms with Crippen molar-refractivity contribution in [2.75, 3.05) is 13.7 Å². The van der Waals surface area contributed by atoms with Crippen LogP contribution in [0.4, 0.5) is 0 Å². The van der Waals surface area contributed by atoms with Gasteiger partial charge < -0.3 is 15.8 Å². The molecule has 0 bridgehead atoms. The van der Waals surface area contributed by atoms with Crippen LogP contribution in [0.5, 0.6) is 0 Å². The molecule has 19 heavy (non-hydrogen) atoms. The molecule has 1 aromatic rings. The number of carbonyl (C=O) groups excluding carboxylic acids is 2. The van der Waals surface area contributed by atoms with Crippen LogP contribution in [0.1, 0.15) is 12.0 Å². The third-order valence-electron chi connectivity index (χ3n) is 2.49. The Hall–Kier alpha value is -1.59. The van der Waals surface area contributed by atoms with Crippen molar-refractivity contribution in [1.82, 2.24) is 5.32 Å². The Morgan fingerprint density at radius 3 is 2.53 bits per heavy atom. The number of rotatable bonds is 6. The molecule has 0 saturated heterocycles. The zero-order valence-corrected chi connectivity index (χ0v) is 11.6. The fourth-order valence-corrected chi connectivity index (χ4v) is 1.48. The minimum absolute atomic E-state index is 0. The number of methoxy groups -OCH3 is 1. The number of esters is 1. The molecular weight excluding hydrogens is 268 g/mol. The fraction of sp³-hybridized carbons (Fsp3) is 0.385. The molecule has 0 aromatic heterocycles. The maximum atomic E-state index is 11.6. The summed E-state index contributed by atoms with van der Waals surface area (Å²) in [6, 6.07) is 8.94. The molecular formula is C13H19ClN2O3. The van der Waals surface area contributed by atoms with Crippen molar-refractivity contribution in [1.29, 1.82) is 0 Å². The molecule has 1 atom stereocenters. The van der Waals surface area contributed by atoms with Gasteiger partial charge in [-0.2, -0.15) is 0 Å². The fourth-order valence-electron chi connectivity index (χ4n) is 1.48. The third-order valence-corrected chi connectivity index (χ3v) is 2.49.